The summed E-state index contributed by atoms with van der Waals surface area (Å²) in [7, 11) is 0. The van der Waals surface area contributed by atoms with E-state index in [1.54, 1.807) is 12.8 Å². The van der Waals surface area contributed by atoms with Gasteiger partial charge in [0.2, 0.25) is 0 Å². The summed E-state index contributed by atoms with van der Waals surface area (Å²) < 4.78 is 0. The van der Waals surface area contributed by atoms with E-state index in [4.69, 9.17) is 0 Å². The van der Waals surface area contributed by atoms with Crippen molar-refractivity contribution in [3.8, 4) is 0 Å². The van der Waals surface area contributed by atoms with Crippen LogP contribution in [0, 0.1) is 46.3 Å². The summed E-state index contributed by atoms with van der Waals surface area (Å²) in [6.45, 7) is 32.6. The van der Waals surface area contributed by atoms with Crippen LogP contribution in [0.3, 0.4) is 0 Å². The maximum Gasteiger partial charge on any atom is -0.00851 e. The SMILES string of the molecule is C=C1C(=C)C(C)=C1C.CC.CCC.CCCCCC1CCC2(C)C(=CCC3C2CCC2(C)C(CCCCC(C)C)CCC32)C1. The van der Waals surface area contributed by atoms with Crippen LogP contribution in [0.15, 0.2) is 47.1 Å². The lowest BCUT2D eigenvalue weighted by atomic mass is 9.46. The average molecular weight is 607 g/mol. The van der Waals surface area contributed by atoms with Gasteiger partial charge in [-0.15, -0.1) is 0 Å². The van der Waals surface area contributed by atoms with Crippen LogP contribution in [0.5, 0.6) is 0 Å². The number of fused-ring (bicyclic) bond motifs is 5. The molecule has 0 radical (unpaired) electrons. The fraction of sp³-hybridized carbons (Fsp3) is 0.818. The lowest BCUT2D eigenvalue weighted by Crippen LogP contribution is -2.50. The second kappa shape index (κ2) is 18.3. The van der Waals surface area contributed by atoms with Crippen LogP contribution < -0.4 is 0 Å². The highest BCUT2D eigenvalue weighted by Crippen LogP contribution is 2.67. The van der Waals surface area contributed by atoms with Gasteiger partial charge >= 0.3 is 0 Å². The molecule has 0 heteroatoms. The molecule has 7 unspecified atom stereocenters. The third kappa shape index (κ3) is 9.06. The van der Waals surface area contributed by atoms with Gasteiger partial charge in [0.15, 0.2) is 0 Å². The monoisotopic (exact) mass is 607 g/mol. The molecule has 7 atom stereocenters. The van der Waals surface area contributed by atoms with E-state index in [0.717, 1.165) is 46.7 Å². The molecule has 0 aromatic carbocycles. The predicted molar refractivity (Wildman–Crippen MR) is 200 cm³/mol. The Labute approximate surface area is 278 Å². The molecule has 0 saturated heterocycles. The quantitative estimate of drug-likeness (QED) is 0.181. The van der Waals surface area contributed by atoms with E-state index in [0.29, 0.717) is 10.8 Å². The maximum atomic E-state index is 3.82. The zero-order chi connectivity index (χ0) is 33.1. The van der Waals surface area contributed by atoms with Gasteiger partial charge in [-0.3, -0.25) is 0 Å². The van der Waals surface area contributed by atoms with E-state index in [1.165, 1.54) is 107 Å². The first kappa shape index (κ1) is 39.1. The Kier molecular flexibility index (Phi) is 16.3. The fourth-order valence-electron chi connectivity index (χ4n) is 10.0. The fourth-order valence-corrected chi connectivity index (χ4v) is 10.0. The standard InChI is InChI=1S/C31H54.C8H10.C3H8.C2H6/c1-6-7-8-12-24-18-20-31(5)26(22-24)14-16-27-28-17-15-25(13-10-9-11-23(2)3)30(28,4)21-19-29(27)31;1-5-6(2)8(4)7(5)3;1-3-2;1-2/h14,23-25,27-29H,6-13,15-22H2,1-5H3;1-2H2,3-4H3;3H2,1-2H3;1-2H3. The van der Waals surface area contributed by atoms with Gasteiger partial charge in [-0.25, -0.2) is 0 Å². The van der Waals surface area contributed by atoms with E-state index in [1.807, 2.05) is 19.4 Å². The largest absolute Gasteiger partial charge is 0.0909 e. The lowest BCUT2D eigenvalue weighted by molar-refractivity contribution is -0.0458. The third-order valence-electron chi connectivity index (χ3n) is 13.0. The smallest absolute Gasteiger partial charge is 0.00851 e. The molecule has 0 amide bonds. The van der Waals surface area contributed by atoms with Gasteiger partial charge in [-0.05, 0) is 140 Å². The molecule has 3 saturated carbocycles. The summed E-state index contributed by atoms with van der Waals surface area (Å²) in [5.74, 6) is 5.94. The van der Waals surface area contributed by atoms with Crippen LogP contribution >= 0.6 is 0 Å². The van der Waals surface area contributed by atoms with Crippen molar-refractivity contribution < 1.29 is 0 Å². The van der Waals surface area contributed by atoms with Crippen molar-refractivity contribution in [3.63, 3.8) is 0 Å². The first-order chi connectivity index (χ1) is 20.9. The molecule has 3 fully saturated rings. The van der Waals surface area contributed by atoms with Gasteiger partial charge in [0.05, 0.1) is 0 Å². The van der Waals surface area contributed by atoms with Crippen molar-refractivity contribution in [2.45, 2.75) is 185 Å². The summed E-state index contributed by atoms with van der Waals surface area (Å²) in [5.41, 5.74) is 8.02. The molecular weight excluding hydrogens is 528 g/mol. The van der Waals surface area contributed by atoms with E-state index >= 15 is 0 Å². The first-order valence-corrected chi connectivity index (χ1v) is 19.7. The normalized spacial score (nSPS) is 33.7. The van der Waals surface area contributed by atoms with E-state index in [-0.39, 0.29) is 0 Å². The Morgan fingerprint density at radius 2 is 1.41 bits per heavy atom. The van der Waals surface area contributed by atoms with Crippen molar-refractivity contribution in [2.75, 3.05) is 0 Å². The summed E-state index contributed by atoms with van der Waals surface area (Å²) in [5, 5.41) is 0. The van der Waals surface area contributed by atoms with Gasteiger partial charge < -0.3 is 0 Å². The second-order valence-corrected chi connectivity index (χ2v) is 16.3. The highest BCUT2D eigenvalue weighted by molar-refractivity contribution is 5.65. The van der Waals surface area contributed by atoms with Crippen molar-refractivity contribution in [1.82, 2.24) is 0 Å². The zero-order valence-corrected chi connectivity index (χ0v) is 32.0. The minimum atomic E-state index is 0.556. The average Bonchev–Trinajstić information content (AvgIpc) is 3.36. The van der Waals surface area contributed by atoms with Gasteiger partial charge in [0.1, 0.15) is 0 Å². The van der Waals surface area contributed by atoms with Crippen LogP contribution in [0.2, 0.25) is 0 Å². The molecule has 0 spiro atoms. The van der Waals surface area contributed by atoms with Crippen LogP contribution in [-0.2, 0) is 0 Å². The molecule has 0 bridgehead atoms. The summed E-state index contributed by atoms with van der Waals surface area (Å²) in [4.78, 5) is 0. The Hall–Kier alpha value is -1.04. The van der Waals surface area contributed by atoms with Crippen LogP contribution in [0.4, 0.5) is 0 Å². The predicted octanol–water partition coefficient (Wildman–Crippen LogP) is 14.9. The highest BCUT2D eigenvalue weighted by Gasteiger charge is 2.58. The molecule has 0 nitrogen and oxygen atoms in total. The van der Waals surface area contributed by atoms with Crippen molar-refractivity contribution in [1.29, 1.82) is 0 Å². The maximum absolute atomic E-state index is 3.82. The van der Waals surface area contributed by atoms with Crippen molar-refractivity contribution >= 4 is 0 Å². The highest BCUT2D eigenvalue weighted by atomic mass is 14.6. The molecule has 44 heavy (non-hydrogen) atoms. The summed E-state index contributed by atoms with van der Waals surface area (Å²) in [6, 6.07) is 0. The van der Waals surface area contributed by atoms with E-state index in [9.17, 15) is 0 Å². The third-order valence-corrected chi connectivity index (χ3v) is 13.0. The molecule has 5 rings (SSSR count). The van der Waals surface area contributed by atoms with Crippen molar-refractivity contribution in [2.24, 2.45) is 46.3 Å². The lowest BCUT2D eigenvalue weighted by Gasteiger charge is -2.58. The molecule has 0 N–H and O–H groups in total. The van der Waals surface area contributed by atoms with Crippen LogP contribution in [0.25, 0.3) is 0 Å². The molecular formula is C44H78. The molecule has 0 aliphatic heterocycles. The molecule has 0 aromatic rings. The Morgan fingerprint density at radius 1 is 0.795 bits per heavy atom. The van der Waals surface area contributed by atoms with Gasteiger partial charge in [0, 0.05) is 0 Å². The second-order valence-electron chi connectivity index (χ2n) is 16.3. The Bertz CT molecular complexity index is 935. The molecule has 0 aromatic heterocycles. The van der Waals surface area contributed by atoms with E-state index in [2.05, 4.69) is 81.5 Å². The number of allylic oxidation sites excluding steroid dienone is 6. The van der Waals surface area contributed by atoms with Crippen LogP contribution in [-0.4, -0.2) is 0 Å². The minimum Gasteiger partial charge on any atom is -0.0909 e. The molecule has 254 valence electrons. The van der Waals surface area contributed by atoms with Gasteiger partial charge in [-0.1, -0.05) is 138 Å². The van der Waals surface area contributed by atoms with Gasteiger partial charge in [0.25, 0.3) is 0 Å². The summed E-state index contributed by atoms with van der Waals surface area (Å²) in [6.07, 6.45) is 27.8. The van der Waals surface area contributed by atoms with Gasteiger partial charge in [-0.2, -0.15) is 0 Å². The molecule has 5 aliphatic rings. The molecule has 5 aliphatic carbocycles. The van der Waals surface area contributed by atoms with E-state index < -0.39 is 0 Å². The van der Waals surface area contributed by atoms with Crippen molar-refractivity contribution in [3.05, 3.63) is 47.1 Å². The minimum absolute atomic E-state index is 0.556. The topological polar surface area (TPSA) is 0 Å². The number of hydrogen-bond donors (Lipinski definition) is 0. The Morgan fingerprint density at radius 3 is 1.98 bits per heavy atom. The molecule has 0 heterocycles. The number of unbranched alkanes of at least 4 members (excludes halogenated alkanes) is 3. The first-order valence-electron chi connectivity index (χ1n) is 19.7. The zero-order valence-electron chi connectivity index (χ0n) is 32.0. The number of rotatable bonds is 9. The summed E-state index contributed by atoms with van der Waals surface area (Å²) >= 11 is 0. The number of hydrogen-bond acceptors (Lipinski definition) is 0. The Balaban J connectivity index is 0.000000437. The van der Waals surface area contributed by atoms with Crippen LogP contribution in [0.1, 0.15) is 185 Å².